The van der Waals surface area contributed by atoms with Crippen LogP contribution in [-0.2, 0) is 6.54 Å². The normalized spacial score (nSPS) is 10.8. The lowest BCUT2D eigenvalue weighted by Gasteiger charge is -2.03. The molecule has 0 saturated heterocycles. The lowest BCUT2D eigenvalue weighted by molar-refractivity contribution is 0.414. The van der Waals surface area contributed by atoms with Gasteiger partial charge in [-0.3, -0.25) is 0 Å². The Morgan fingerprint density at radius 2 is 1.81 bits per heavy atom. The molecule has 0 spiro atoms. The van der Waals surface area contributed by atoms with Crippen LogP contribution in [0.25, 0.3) is 17.1 Å². The minimum Gasteiger partial charge on any atom is -0.497 e. The number of tetrazole rings is 1. The number of rotatable bonds is 5. The van der Waals surface area contributed by atoms with Crippen molar-refractivity contribution >= 4 is 12.6 Å². The summed E-state index contributed by atoms with van der Waals surface area (Å²) >= 11 is 4.59. The molecule has 0 bridgehead atoms. The summed E-state index contributed by atoms with van der Waals surface area (Å²) in [4.78, 5) is 1.55. The van der Waals surface area contributed by atoms with Crippen molar-refractivity contribution in [1.82, 2.24) is 30.0 Å². The second-order valence-electron chi connectivity index (χ2n) is 5.62. The van der Waals surface area contributed by atoms with Gasteiger partial charge in [0.1, 0.15) is 10.8 Å². The highest BCUT2D eigenvalue weighted by molar-refractivity contribution is 7.80. The topological polar surface area (TPSA) is 70.7 Å². The fourth-order valence-electron chi connectivity index (χ4n) is 2.57. The van der Waals surface area contributed by atoms with Gasteiger partial charge < -0.3 is 4.74 Å². The standard InChI is InChI=1S/C18H16N6OS/c1-25-15-9-7-13(8-10-15)12-23-21-17(20-22-23)16-11-19-24(18(16)26)14-5-3-2-4-6-14/h2-11,26H,12H2,1H3. The molecule has 0 aliphatic carbocycles. The van der Waals surface area contributed by atoms with Gasteiger partial charge in [-0.15, -0.1) is 22.8 Å². The van der Waals surface area contributed by atoms with Crippen molar-refractivity contribution in [3.05, 3.63) is 66.4 Å². The summed E-state index contributed by atoms with van der Waals surface area (Å²) in [5.41, 5.74) is 2.72. The third kappa shape index (κ3) is 3.18. The first-order valence-electron chi connectivity index (χ1n) is 7.98. The van der Waals surface area contributed by atoms with E-state index in [4.69, 9.17) is 4.74 Å². The maximum atomic E-state index is 5.17. The molecule has 0 aliphatic rings. The molecule has 0 atom stereocenters. The van der Waals surface area contributed by atoms with E-state index in [9.17, 15) is 0 Å². The number of para-hydroxylation sites is 1. The van der Waals surface area contributed by atoms with Gasteiger partial charge in [-0.2, -0.15) is 9.90 Å². The average molecular weight is 364 g/mol. The van der Waals surface area contributed by atoms with Gasteiger partial charge in [0.05, 0.1) is 31.1 Å². The van der Waals surface area contributed by atoms with Crippen LogP contribution in [-0.4, -0.2) is 37.1 Å². The average Bonchev–Trinajstić information content (AvgIpc) is 3.29. The lowest BCUT2D eigenvalue weighted by atomic mass is 10.2. The zero-order chi connectivity index (χ0) is 17.9. The van der Waals surface area contributed by atoms with Crippen molar-refractivity contribution in [2.24, 2.45) is 0 Å². The molecule has 0 radical (unpaired) electrons. The summed E-state index contributed by atoms with van der Waals surface area (Å²) in [6.45, 7) is 0.520. The highest BCUT2D eigenvalue weighted by Crippen LogP contribution is 2.25. The van der Waals surface area contributed by atoms with Crippen molar-refractivity contribution in [3.8, 4) is 22.8 Å². The van der Waals surface area contributed by atoms with Gasteiger partial charge in [0.15, 0.2) is 0 Å². The Morgan fingerprint density at radius 3 is 2.54 bits per heavy atom. The number of aromatic nitrogens is 6. The van der Waals surface area contributed by atoms with Crippen LogP contribution in [0.3, 0.4) is 0 Å². The van der Waals surface area contributed by atoms with E-state index < -0.39 is 0 Å². The zero-order valence-electron chi connectivity index (χ0n) is 14.0. The van der Waals surface area contributed by atoms with E-state index >= 15 is 0 Å². The minimum atomic E-state index is 0.491. The Kier molecular flexibility index (Phi) is 4.40. The van der Waals surface area contributed by atoms with Gasteiger partial charge in [0, 0.05) is 0 Å². The fraction of sp³-hybridized carbons (Fsp3) is 0.111. The second-order valence-corrected chi connectivity index (χ2v) is 6.04. The number of methoxy groups -OCH3 is 1. The first-order chi connectivity index (χ1) is 12.7. The van der Waals surface area contributed by atoms with Crippen molar-refractivity contribution in [2.45, 2.75) is 11.6 Å². The molecule has 0 unspecified atom stereocenters. The van der Waals surface area contributed by atoms with Crippen molar-refractivity contribution in [3.63, 3.8) is 0 Å². The monoisotopic (exact) mass is 364 g/mol. The lowest BCUT2D eigenvalue weighted by Crippen LogP contribution is -2.04. The maximum absolute atomic E-state index is 5.17. The molecule has 26 heavy (non-hydrogen) atoms. The van der Waals surface area contributed by atoms with Crippen LogP contribution in [0.5, 0.6) is 5.75 Å². The summed E-state index contributed by atoms with van der Waals surface area (Å²) < 4.78 is 6.90. The summed E-state index contributed by atoms with van der Waals surface area (Å²) in [6.07, 6.45) is 1.70. The molecule has 2 heterocycles. The number of hydrogen-bond donors (Lipinski definition) is 1. The van der Waals surface area contributed by atoms with Gasteiger partial charge in [-0.05, 0) is 35.0 Å². The summed E-state index contributed by atoms with van der Waals surface area (Å²) in [7, 11) is 1.64. The molecule has 8 heteroatoms. The second kappa shape index (κ2) is 7.01. The highest BCUT2D eigenvalue weighted by Gasteiger charge is 2.15. The van der Waals surface area contributed by atoms with Gasteiger partial charge in [-0.25, -0.2) is 4.68 Å². The molecular formula is C18H16N6OS. The Labute approximate surface area is 155 Å². The predicted octanol–water partition coefficient (Wildman–Crippen LogP) is 2.87. The fourth-order valence-corrected chi connectivity index (χ4v) is 2.89. The first-order valence-corrected chi connectivity index (χ1v) is 8.43. The zero-order valence-corrected chi connectivity index (χ0v) is 14.9. The maximum Gasteiger partial charge on any atom is 0.209 e. The molecule has 0 saturated carbocycles. The Hall–Kier alpha value is -3.13. The number of thiol groups is 1. The van der Waals surface area contributed by atoms with E-state index in [0.717, 1.165) is 22.6 Å². The van der Waals surface area contributed by atoms with Crippen LogP contribution in [0.15, 0.2) is 65.8 Å². The number of benzene rings is 2. The van der Waals surface area contributed by atoms with Crippen molar-refractivity contribution in [2.75, 3.05) is 7.11 Å². The van der Waals surface area contributed by atoms with Gasteiger partial charge in [0.2, 0.25) is 5.82 Å². The van der Waals surface area contributed by atoms with E-state index in [2.05, 4.69) is 33.1 Å². The summed E-state index contributed by atoms with van der Waals surface area (Å²) in [6, 6.07) is 17.5. The molecule has 4 aromatic rings. The van der Waals surface area contributed by atoms with Gasteiger partial charge in [-0.1, -0.05) is 30.3 Å². The SMILES string of the molecule is COc1ccc(Cn2nnc(-c3cnn(-c4ccccc4)c3S)n2)cc1. The number of hydrogen-bond acceptors (Lipinski definition) is 6. The Balaban J connectivity index is 1.57. The first kappa shape index (κ1) is 16.3. The molecule has 0 fully saturated rings. The van der Waals surface area contributed by atoms with E-state index in [0.29, 0.717) is 17.4 Å². The largest absolute Gasteiger partial charge is 0.497 e. The van der Waals surface area contributed by atoms with E-state index in [1.165, 1.54) is 0 Å². The molecular weight excluding hydrogens is 348 g/mol. The van der Waals surface area contributed by atoms with Crippen LogP contribution in [0, 0.1) is 0 Å². The molecule has 0 N–H and O–H groups in total. The quantitative estimate of drug-likeness (QED) is 0.552. The van der Waals surface area contributed by atoms with Crippen molar-refractivity contribution in [1.29, 1.82) is 0 Å². The van der Waals surface area contributed by atoms with Crippen LogP contribution < -0.4 is 4.74 Å². The smallest absolute Gasteiger partial charge is 0.209 e. The number of ether oxygens (including phenoxy) is 1. The molecule has 130 valence electrons. The molecule has 2 aromatic carbocycles. The van der Waals surface area contributed by atoms with Crippen LogP contribution in [0.1, 0.15) is 5.56 Å². The highest BCUT2D eigenvalue weighted by atomic mass is 32.1. The number of nitrogens with zero attached hydrogens (tertiary/aromatic N) is 6. The van der Waals surface area contributed by atoms with E-state index in [-0.39, 0.29) is 0 Å². The molecule has 0 aliphatic heterocycles. The Bertz CT molecular complexity index is 1010. The van der Waals surface area contributed by atoms with Crippen LogP contribution in [0.2, 0.25) is 0 Å². The van der Waals surface area contributed by atoms with Gasteiger partial charge >= 0.3 is 0 Å². The molecule has 4 rings (SSSR count). The van der Waals surface area contributed by atoms with E-state index in [1.807, 2.05) is 54.6 Å². The minimum absolute atomic E-state index is 0.491. The van der Waals surface area contributed by atoms with Crippen molar-refractivity contribution < 1.29 is 4.74 Å². The third-order valence-corrected chi connectivity index (χ3v) is 4.35. The Morgan fingerprint density at radius 1 is 1.04 bits per heavy atom. The van der Waals surface area contributed by atoms with E-state index in [1.54, 1.807) is 22.8 Å². The van der Waals surface area contributed by atoms with Crippen LogP contribution >= 0.6 is 12.6 Å². The summed E-state index contributed by atoms with van der Waals surface area (Å²) in [5.74, 6) is 1.31. The third-order valence-electron chi connectivity index (χ3n) is 3.92. The molecule has 7 nitrogen and oxygen atoms in total. The summed E-state index contributed by atoms with van der Waals surface area (Å²) in [5, 5.41) is 17.8. The van der Waals surface area contributed by atoms with Crippen LogP contribution in [0.4, 0.5) is 0 Å². The predicted molar refractivity (Wildman–Crippen MR) is 99.7 cm³/mol. The molecule has 2 aromatic heterocycles. The van der Waals surface area contributed by atoms with Gasteiger partial charge in [0.25, 0.3) is 0 Å². The molecule has 0 amide bonds.